The first-order valence-electron chi connectivity index (χ1n) is 10.3. The number of nitrogens with zero attached hydrogens (tertiary/aromatic N) is 2. The topological polar surface area (TPSA) is 23.6 Å². The molecule has 1 aliphatic carbocycles. The predicted molar refractivity (Wildman–Crippen MR) is 129 cm³/mol. The number of para-hydroxylation sites is 1. The van der Waals surface area contributed by atoms with Gasteiger partial charge in [-0.05, 0) is 50.5 Å². The molecule has 0 atom stereocenters. The second-order valence-electron chi connectivity index (χ2n) is 7.53. The molecule has 1 aromatic carbocycles. The Morgan fingerprint density at radius 3 is 2.72 bits per heavy atom. The average Bonchev–Trinajstić information content (AvgIpc) is 3.24. The number of carbonyl (C=O) groups excluding carboxylic acids is 1. The standard InChI is InChI=1S/C23H26N2OS3/c1-3-24-18-13-7-8-14-19(18)28-20(24)15-9-10-16(2)21-22(26)25(23(27)29-21)17-11-5-4-6-12-17/h7-10,13-15,17H,3-6,11-12H2,1-2H3/b10-9+,20-15-,21-16-. The first-order chi connectivity index (χ1) is 14.1. The van der Waals surface area contributed by atoms with Gasteiger partial charge in [-0.1, -0.05) is 79.3 Å². The van der Waals surface area contributed by atoms with Crippen molar-refractivity contribution in [3.8, 4) is 0 Å². The Labute approximate surface area is 187 Å². The van der Waals surface area contributed by atoms with Gasteiger partial charge in [-0.15, -0.1) is 0 Å². The summed E-state index contributed by atoms with van der Waals surface area (Å²) >= 11 is 8.81. The number of anilines is 1. The summed E-state index contributed by atoms with van der Waals surface area (Å²) in [5.41, 5.74) is 2.26. The molecule has 2 heterocycles. The van der Waals surface area contributed by atoms with Gasteiger partial charge in [-0.2, -0.15) is 0 Å². The zero-order chi connectivity index (χ0) is 20.4. The minimum Gasteiger partial charge on any atom is -0.335 e. The lowest BCUT2D eigenvalue weighted by atomic mass is 9.94. The maximum absolute atomic E-state index is 13.0. The van der Waals surface area contributed by atoms with Crippen molar-refractivity contribution in [3.63, 3.8) is 0 Å². The van der Waals surface area contributed by atoms with Crippen molar-refractivity contribution in [2.24, 2.45) is 0 Å². The van der Waals surface area contributed by atoms with Crippen LogP contribution in [0.1, 0.15) is 46.0 Å². The minimum absolute atomic E-state index is 0.0968. The highest BCUT2D eigenvalue weighted by molar-refractivity contribution is 8.26. The molecule has 2 fully saturated rings. The van der Waals surface area contributed by atoms with Gasteiger partial charge >= 0.3 is 0 Å². The summed E-state index contributed by atoms with van der Waals surface area (Å²) in [7, 11) is 0. The number of benzene rings is 1. The molecule has 1 saturated heterocycles. The van der Waals surface area contributed by atoms with Gasteiger partial charge in [0, 0.05) is 17.5 Å². The monoisotopic (exact) mass is 442 g/mol. The van der Waals surface area contributed by atoms with E-state index in [4.69, 9.17) is 12.2 Å². The van der Waals surface area contributed by atoms with Crippen LogP contribution in [-0.2, 0) is 4.79 Å². The number of carbonyl (C=O) groups is 1. The van der Waals surface area contributed by atoms with Crippen molar-refractivity contribution >= 4 is 51.7 Å². The quantitative estimate of drug-likeness (QED) is 0.392. The average molecular weight is 443 g/mol. The predicted octanol–water partition coefficient (Wildman–Crippen LogP) is 6.48. The lowest BCUT2D eigenvalue weighted by Gasteiger charge is -2.29. The molecule has 1 saturated carbocycles. The van der Waals surface area contributed by atoms with Gasteiger partial charge < -0.3 is 4.90 Å². The van der Waals surface area contributed by atoms with E-state index in [2.05, 4.69) is 48.2 Å². The number of fused-ring (bicyclic) bond motifs is 1. The molecular weight excluding hydrogens is 416 g/mol. The van der Waals surface area contributed by atoms with E-state index in [0.29, 0.717) is 6.04 Å². The summed E-state index contributed by atoms with van der Waals surface area (Å²) in [6.45, 7) is 5.11. The molecular formula is C23H26N2OS3. The normalized spacial score (nSPS) is 23.6. The van der Waals surface area contributed by atoms with Gasteiger partial charge in [0.2, 0.25) is 0 Å². The summed E-state index contributed by atoms with van der Waals surface area (Å²) in [5, 5.41) is 1.22. The summed E-state index contributed by atoms with van der Waals surface area (Å²) < 4.78 is 0.724. The van der Waals surface area contributed by atoms with E-state index in [1.807, 2.05) is 17.9 Å². The molecule has 3 aliphatic rings. The highest BCUT2D eigenvalue weighted by Gasteiger charge is 2.38. The van der Waals surface area contributed by atoms with E-state index < -0.39 is 0 Å². The molecule has 4 rings (SSSR count). The zero-order valence-electron chi connectivity index (χ0n) is 16.9. The summed E-state index contributed by atoms with van der Waals surface area (Å²) in [5.74, 6) is 0.0968. The Kier molecular flexibility index (Phi) is 6.52. The van der Waals surface area contributed by atoms with Gasteiger partial charge in [-0.3, -0.25) is 9.69 Å². The second kappa shape index (κ2) is 9.11. The van der Waals surface area contributed by atoms with Crippen LogP contribution in [0.5, 0.6) is 0 Å². The van der Waals surface area contributed by atoms with E-state index in [9.17, 15) is 4.79 Å². The fourth-order valence-corrected chi connectivity index (χ4v) is 6.67. The van der Waals surface area contributed by atoms with Crippen LogP contribution in [0, 0.1) is 0 Å². The number of amides is 1. The maximum Gasteiger partial charge on any atom is 0.266 e. The number of rotatable bonds is 4. The number of hydrogen-bond acceptors (Lipinski definition) is 5. The Morgan fingerprint density at radius 1 is 1.21 bits per heavy atom. The van der Waals surface area contributed by atoms with Gasteiger partial charge in [0.05, 0.1) is 15.6 Å². The molecule has 0 N–H and O–H groups in total. The van der Waals surface area contributed by atoms with Crippen molar-refractivity contribution in [1.82, 2.24) is 4.90 Å². The van der Waals surface area contributed by atoms with Gasteiger partial charge in [0.1, 0.15) is 4.32 Å². The molecule has 0 radical (unpaired) electrons. The lowest BCUT2D eigenvalue weighted by molar-refractivity contribution is -0.124. The molecule has 29 heavy (non-hydrogen) atoms. The van der Waals surface area contributed by atoms with E-state index in [1.165, 1.54) is 46.6 Å². The molecule has 3 nitrogen and oxygen atoms in total. The summed E-state index contributed by atoms with van der Waals surface area (Å²) in [4.78, 5) is 19.3. The molecule has 0 bridgehead atoms. The zero-order valence-corrected chi connectivity index (χ0v) is 19.3. The first-order valence-corrected chi connectivity index (χ1v) is 12.3. The molecule has 0 unspecified atom stereocenters. The number of allylic oxidation sites excluding steroid dienone is 4. The van der Waals surface area contributed by atoms with E-state index in [0.717, 1.165) is 34.2 Å². The van der Waals surface area contributed by atoms with Crippen LogP contribution in [0.25, 0.3) is 0 Å². The molecule has 6 heteroatoms. The fourth-order valence-electron chi connectivity index (χ4n) is 4.13. The SMILES string of the molecule is CCN1/C(=C/C=C/C(C)=C2\SC(=S)N(C3CCCCC3)C2=O)Sc2ccccc21. The highest BCUT2D eigenvalue weighted by atomic mass is 32.2. The van der Waals surface area contributed by atoms with Crippen molar-refractivity contribution in [2.45, 2.75) is 56.9 Å². The van der Waals surface area contributed by atoms with Crippen LogP contribution in [0.3, 0.4) is 0 Å². The van der Waals surface area contributed by atoms with Crippen molar-refractivity contribution in [2.75, 3.05) is 11.4 Å². The molecule has 1 aromatic rings. The molecule has 1 amide bonds. The lowest BCUT2D eigenvalue weighted by Crippen LogP contribution is -2.39. The Bertz CT molecular complexity index is 912. The molecule has 2 aliphatic heterocycles. The van der Waals surface area contributed by atoms with E-state index in [-0.39, 0.29) is 5.91 Å². The summed E-state index contributed by atoms with van der Waals surface area (Å²) in [6.07, 6.45) is 12.0. The van der Waals surface area contributed by atoms with Crippen LogP contribution in [0.4, 0.5) is 5.69 Å². The Hall–Kier alpha value is -1.50. The van der Waals surface area contributed by atoms with Crippen LogP contribution in [0.2, 0.25) is 0 Å². The maximum atomic E-state index is 13.0. The van der Waals surface area contributed by atoms with Crippen molar-refractivity contribution in [3.05, 3.63) is 58.0 Å². The fraction of sp³-hybridized carbons (Fsp3) is 0.391. The van der Waals surface area contributed by atoms with E-state index >= 15 is 0 Å². The second-order valence-corrected chi connectivity index (χ2v) is 10.2. The Morgan fingerprint density at radius 2 is 1.97 bits per heavy atom. The Balaban J connectivity index is 1.50. The first kappa shape index (κ1) is 20.8. The minimum atomic E-state index is 0.0968. The van der Waals surface area contributed by atoms with Gasteiger partial charge in [0.25, 0.3) is 5.91 Å². The largest absolute Gasteiger partial charge is 0.335 e. The van der Waals surface area contributed by atoms with Gasteiger partial charge in [-0.25, -0.2) is 0 Å². The smallest absolute Gasteiger partial charge is 0.266 e. The van der Waals surface area contributed by atoms with E-state index in [1.54, 1.807) is 11.8 Å². The van der Waals surface area contributed by atoms with Crippen LogP contribution < -0.4 is 4.90 Å². The van der Waals surface area contributed by atoms with Crippen LogP contribution >= 0.6 is 35.7 Å². The molecule has 152 valence electrons. The number of thiocarbonyl (C=S) groups is 1. The van der Waals surface area contributed by atoms with Crippen molar-refractivity contribution < 1.29 is 4.79 Å². The molecule has 0 spiro atoms. The summed E-state index contributed by atoms with van der Waals surface area (Å²) in [6, 6.07) is 8.78. The van der Waals surface area contributed by atoms with Crippen LogP contribution in [0.15, 0.2) is 62.9 Å². The third kappa shape index (κ3) is 4.21. The van der Waals surface area contributed by atoms with Crippen molar-refractivity contribution in [1.29, 1.82) is 0 Å². The number of hydrogen-bond donors (Lipinski definition) is 0. The van der Waals surface area contributed by atoms with Crippen LogP contribution in [-0.4, -0.2) is 27.7 Å². The highest BCUT2D eigenvalue weighted by Crippen LogP contribution is 2.45. The van der Waals surface area contributed by atoms with Gasteiger partial charge in [0.15, 0.2) is 0 Å². The third-order valence-electron chi connectivity index (χ3n) is 5.63. The third-order valence-corrected chi connectivity index (χ3v) is 8.28. The molecule has 0 aromatic heterocycles. The number of thioether (sulfide) groups is 2.